The van der Waals surface area contributed by atoms with Crippen LogP contribution in [-0.2, 0) is 28.3 Å². The highest BCUT2D eigenvalue weighted by Crippen LogP contribution is 2.38. The maximum Gasteiger partial charge on any atom is 0.343 e. The molecule has 28 heavy (non-hydrogen) atoms. The average molecular weight is 376 g/mol. The number of benzene rings is 1. The maximum atomic E-state index is 13.1. The van der Waals surface area contributed by atoms with Gasteiger partial charge in [0.2, 0.25) is 0 Å². The van der Waals surface area contributed by atoms with Gasteiger partial charge in [-0.3, -0.25) is 9.59 Å². The molecule has 2 aromatic heterocycles. The van der Waals surface area contributed by atoms with Crippen molar-refractivity contribution < 1.29 is 19.4 Å². The summed E-state index contributed by atoms with van der Waals surface area (Å²) in [7, 11) is 0. The van der Waals surface area contributed by atoms with Crippen LogP contribution in [0.15, 0.2) is 35.1 Å². The Bertz CT molecular complexity index is 1260. The van der Waals surface area contributed by atoms with E-state index < -0.39 is 11.6 Å². The van der Waals surface area contributed by atoms with Gasteiger partial charge in [-0.1, -0.05) is 19.1 Å². The van der Waals surface area contributed by atoms with Crippen LogP contribution in [0.4, 0.5) is 0 Å². The number of ether oxygens (including phenoxy) is 1. The van der Waals surface area contributed by atoms with Crippen molar-refractivity contribution >= 4 is 23.2 Å². The van der Waals surface area contributed by atoms with Crippen LogP contribution < -0.4 is 5.56 Å². The molecule has 1 atom stereocenters. The lowest BCUT2D eigenvalue weighted by Crippen LogP contribution is -2.44. The van der Waals surface area contributed by atoms with Crippen LogP contribution in [0, 0.1) is 0 Å². The third-order valence-electron chi connectivity index (χ3n) is 5.71. The van der Waals surface area contributed by atoms with Crippen LogP contribution >= 0.6 is 0 Å². The van der Waals surface area contributed by atoms with E-state index >= 15 is 0 Å². The number of cyclic esters (lactones) is 1. The topological polar surface area (TPSA) is 98.5 Å². The zero-order valence-electron chi connectivity index (χ0n) is 15.1. The molecule has 0 unspecified atom stereocenters. The Labute approximate surface area is 159 Å². The van der Waals surface area contributed by atoms with E-state index in [1.54, 1.807) is 29.7 Å². The molecule has 0 bridgehead atoms. The first-order valence-corrected chi connectivity index (χ1v) is 9.03. The van der Waals surface area contributed by atoms with Gasteiger partial charge in [0.05, 0.1) is 29.0 Å². The fraction of sp³-hybridized carbons (Fsp3) is 0.238. The SMILES string of the molecule is CC[C@@]1(O)C(=O)OCc2c1cc1n(c2=O)Cc2cc3c(C=O)cccc3nc2-1. The molecule has 3 aromatic rings. The van der Waals surface area contributed by atoms with Crippen molar-refractivity contribution in [2.45, 2.75) is 32.1 Å². The molecule has 0 aliphatic carbocycles. The second-order valence-electron chi connectivity index (χ2n) is 7.13. The molecule has 0 fully saturated rings. The van der Waals surface area contributed by atoms with Gasteiger partial charge >= 0.3 is 5.97 Å². The van der Waals surface area contributed by atoms with Crippen molar-refractivity contribution in [3.05, 3.63) is 62.9 Å². The summed E-state index contributed by atoms with van der Waals surface area (Å²) >= 11 is 0. The molecule has 1 N–H and O–H groups in total. The molecule has 7 heteroatoms. The highest BCUT2D eigenvalue weighted by molar-refractivity contribution is 5.98. The summed E-state index contributed by atoms with van der Waals surface area (Å²) in [5, 5.41) is 11.6. The maximum absolute atomic E-state index is 13.1. The Balaban J connectivity index is 1.80. The van der Waals surface area contributed by atoms with Gasteiger partial charge in [-0.2, -0.15) is 0 Å². The third kappa shape index (κ3) is 2.02. The first kappa shape index (κ1) is 16.8. The quantitative estimate of drug-likeness (QED) is 0.424. The summed E-state index contributed by atoms with van der Waals surface area (Å²) in [6.07, 6.45) is 0.885. The summed E-state index contributed by atoms with van der Waals surface area (Å²) in [6.45, 7) is 1.82. The predicted molar refractivity (Wildman–Crippen MR) is 99.9 cm³/mol. The van der Waals surface area contributed by atoms with Crippen LogP contribution in [0.2, 0.25) is 0 Å². The summed E-state index contributed by atoms with van der Waals surface area (Å²) in [4.78, 5) is 41.3. The molecule has 0 saturated carbocycles. The lowest BCUT2D eigenvalue weighted by molar-refractivity contribution is -0.172. The third-order valence-corrected chi connectivity index (χ3v) is 5.71. The van der Waals surface area contributed by atoms with E-state index in [4.69, 9.17) is 4.74 Å². The van der Waals surface area contributed by atoms with Gasteiger partial charge in [-0.25, -0.2) is 9.78 Å². The monoisotopic (exact) mass is 376 g/mol. The number of esters is 1. The molecule has 0 spiro atoms. The number of rotatable bonds is 2. The Hall–Kier alpha value is -3.32. The van der Waals surface area contributed by atoms with E-state index in [9.17, 15) is 19.5 Å². The van der Waals surface area contributed by atoms with Crippen molar-refractivity contribution in [3.63, 3.8) is 0 Å². The van der Waals surface area contributed by atoms with Gasteiger partial charge < -0.3 is 14.4 Å². The lowest BCUT2D eigenvalue weighted by atomic mass is 9.86. The van der Waals surface area contributed by atoms with Gasteiger partial charge in [0.25, 0.3) is 5.56 Å². The number of aromatic nitrogens is 2. The molecule has 0 amide bonds. The Kier molecular flexibility index (Phi) is 3.36. The average Bonchev–Trinajstić information content (AvgIpc) is 3.07. The number of fused-ring (bicyclic) bond motifs is 5. The highest BCUT2D eigenvalue weighted by atomic mass is 16.6. The van der Waals surface area contributed by atoms with Gasteiger partial charge in [0.1, 0.15) is 6.61 Å². The van der Waals surface area contributed by atoms with Gasteiger partial charge in [-0.15, -0.1) is 0 Å². The summed E-state index contributed by atoms with van der Waals surface area (Å²) in [6, 6.07) is 8.84. The molecular formula is C21H16N2O5. The van der Waals surface area contributed by atoms with Gasteiger partial charge in [0.15, 0.2) is 11.9 Å². The number of pyridine rings is 2. The fourth-order valence-corrected chi connectivity index (χ4v) is 4.13. The summed E-state index contributed by atoms with van der Waals surface area (Å²) in [5.41, 5.74) is 1.61. The number of carbonyl (C=O) groups excluding carboxylic acids is 2. The van der Waals surface area contributed by atoms with E-state index in [-0.39, 0.29) is 18.6 Å². The number of aldehydes is 1. The molecule has 1 aromatic carbocycles. The number of hydrogen-bond acceptors (Lipinski definition) is 6. The molecule has 4 heterocycles. The minimum atomic E-state index is -1.84. The van der Waals surface area contributed by atoms with E-state index in [0.717, 1.165) is 17.2 Å². The van der Waals surface area contributed by atoms with Crippen LogP contribution in [0.5, 0.6) is 0 Å². The predicted octanol–water partition coefficient (Wildman–Crippen LogP) is 1.89. The minimum Gasteiger partial charge on any atom is -0.458 e. The van der Waals surface area contributed by atoms with E-state index in [2.05, 4.69) is 4.98 Å². The summed E-state index contributed by atoms with van der Waals surface area (Å²) < 4.78 is 6.64. The first-order chi connectivity index (χ1) is 13.5. The van der Waals surface area contributed by atoms with E-state index in [0.29, 0.717) is 40.1 Å². The number of aliphatic hydroxyl groups is 1. The van der Waals surface area contributed by atoms with Crippen molar-refractivity contribution in [2.24, 2.45) is 0 Å². The smallest absolute Gasteiger partial charge is 0.343 e. The van der Waals surface area contributed by atoms with E-state index in [1.807, 2.05) is 12.1 Å². The minimum absolute atomic E-state index is 0.0996. The normalized spacial score (nSPS) is 19.7. The molecule has 0 saturated heterocycles. The van der Waals surface area contributed by atoms with Crippen molar-refractivity contribution in [3.8, 4) is 11.4 Å². The van der Waals surface area contributed by atoms with Crippen molar-refractivity contribution in [2.75, 3.05) is 0 Å². The van der Waals surface area contributed by atoms with E-state index in [1.165, 1.54) is 0 Å². The van der Waals surface area contributed by atoms with Gasteiger partial charge in [-0.05, 0) is 24.6 Å². The number of nitrogens with zero attached hydrogens (tertiary/aromatic N) is 2. The molecule has 5 rings (SSSR count). The van der Waals surface area contributed by atoms with Crippen LogP contribution in [0.3, 0.4) is 0 Å². The zero-order valence-corrected chi connectivity index (χ0v) is 15.1. The lowest BCUT2D eigenvalue weighted by Gasteiger charge is -2.31. The molecule has 2 aliphatic heterocycles. The fourth-order valence-electron chi connectivity index (χ4n) is 4.13. The summed E-state index contributed by atoms with van der Waals surface area (Å²) in [5.74, 6) is -0.743. The molecule has 2 aliphatic rings. The largest absolute Gasteiger partial charge is 0.458 e. The molecule has 7 nitrogen and oxygen atoms in total. The standard InChI is InChI=1S/C21H16N2O5/c1-2-21(27)15-7-17-18-12(6-13-11(9-24)4-3-5-16(13)22-18)8-23(17)19(25)14(15)10-28-20(21)26/h3-7,9,27H,2,8,10H2,1H3/t21-/m0/s1. The first-order valence-electron chi connectivity index (χ1n) is 9.03. The second-order valence-corrected chi connectivity index (χ2v) is 7.13. The van der Waals surface area contributed by atoms with Crippen LogP contribution in [-0.4, -0.2) is 26.9 Å². The van der Waals surface area contributed by atoms with Crippen molar-refractivity contribution in [1.29, 1.82) is 0 Å². The zero-order chi connectivity index (χ0) is 19.6. The molecular weight excluding hydrogens is 360 g/mol. The van der Waals surface area contributed by atoms with Crippen molar-refractivity contribution in [1.82, 2.24) is 9.55 Å². The highest BCUT2D eigenvalue weighted by Gasteiger charge is 2.45. The Morgan fingerprint density at radius 2 is 2.14 bits per heavy atom. The number of carbonyl (C=O) groups is 2. The number of hydrogen-bond donors (Lipinski definition) is 1. The second kappa shape index (κ2) is 5.59. The van der Waals surface area contributed by atoms with Gasteiger partial charge in [0, 0.05) is 22.1 Å². The molecule has 140 valence electrons. The van der Waals surface area contributed by atoms with Crippen LogP contribution in [0.25, 0.3) is 22.3 Å². The van der Waals surface area contributed by atoms with Crippen LogP contribution in [0.1, 0.15) is 40.4 Å². The Morgan fingerprint density at radius 3 is 2.89 bits per heavy atom. The Morgan fingerprint density at radius 1 is 1.32 bits per heavy atom. The molecule has 0 radical (unpaired) electrons.